The first kappa shape index (κ1) is 20.8. The van der Waals surface area contributed by atoms with E-state index in [1.807, 2.05) is 31.0 Å². The summed E-state index contributed by atoms with van der Waals surface area (Å²) in [5, 5.41) is 23.4. The number of piperidine rings is 2. The molecule has 2 heterocycles. The van der Waals surface area contributed by atoms with Crippen molar-refractivity contribution >= 4 is 17.3 Å². The first-order valence-corrected chi connectivity index (χ1v) is 11.7. The van der Waals surface area contributed by atoms with Crippen molar-refractivity contribution in [3.05, 3.63) is 23.3 Å². The highest BCUT2D eigenvalue weighted by Gasteiger charge is 2.59. The lowest BCUT2D eigenvalue weighted by atomic mass is 9.54. The van der Waals surface area contributed by atoms with E-state index in [-0.39, 0.29) is 23.4 Å². The van der Waals surface area contributed by atoms with E-state index in [1.54, 1.807) is 7.11 Å². The number of benzene rings is 1. The van der Waals surface area contributed by atoms with Gasteiger partial charge in [-0.3, -0.25) is 4.79 Å². The highest BCUT2D eigenvalue weighted by atomic mass is 16.5. The Hall–Kier alpha value is -2.08. The lowest BCUT2D eigenvalue weighted by Gasteiger charge is -2.64. The van der Waals surface area contributed by atoms with Gasteiger partial charge in [0.2, 0.25) is 5.91 Å². The van der Waals surface area contributed by atoms with Crippen molar-refractivity contribution in [2.75, 3.05) is 19.5 Å². The lowest BCUT2D eigenvalue weighted by molar-refractivity contribution is -0.194. The van der Waals surface area contributed by atoms with E-state index in [2.05, 4.69) is 12.2 Å². The topological polar surface area (TPSA) is 85.7 Å². The summed E-state index contributed by atoms with van der Waals surface area (Å²) in [4.78, 5) is 15.8. The molecule has 4 bridgehead atoms. The van der Waals surface area contributed by atoms with E-state index < -0.39 is 11.5 Å². The van der Waals surface area contributed by atoms with E-state index in [0.29, 0.717) is 24.5 Å². The predicted octanol–water partition coefficient (Wildman–Crippen LogP) is 3.91. The van der Waals surface area contributed by atoms with Gasteiger partial charge in [-0.2, -0.15) is 0 Å². The van der Waals surface area contributed by atoms with E-state index in [9.17, 15) is 9.90 Å². The van der Waals surface area contributed by atoms with Gasteiger partial charge in [0.15, 0.2) is 0 Å². The van der Waals surface area contributed by atoms with Gasteiger partial charge in [0.1, 0.15) is 5.75 Å². The third kappa shape index (κ3) is 3.25. The maximum absolute atomic E-state index is 13.8. The van der Waals surface area contributed by atoms with Crippen LogP contribution in [0.1, 0.15) is 75.8 Å². The molecule has 3 atom stereocenters. The van der Waals surface area contributed by atoms with Gasteiger partial charge in [0.05, 0.1) is 24.3 Å². The second-order valence-corrected chi connectivity index (χ2v) is 10.8. The molecule has 3 unspecified atom stereocenters. The van der Waals surface area contributed by atoms with Crippen molar-refractivity contribution in [1.29, 1.82) is 5.41 Å². The van der Waals surface area contributed by atoms with Gasteiger partial charge in [-0.15, -0.1) is 0 Å². The Bertz CT molecular complexity index is 902. The maximum atomic E-state index is 13.8. The van der Waals surface area contributed by atoms with Crippen LogP contribution < -0.4 is 10.1 Å². The van der Waals surface area contributed by atoms with Gasteiger partial charge < -0.3 is 25.5 Å². The highest BCUT2D eigenvalue weighted by Crippen LogP contribution is 2.58. The predicted molar refractivity (Wildman–Crippen MR) is 121 cm³/mol. The fourth-order valence-electron chi connectivity index (χ4n) is 7.08. The van der Waals surface area contributed by atoms with Crippen LogP contribution in [0.25, 0.3) is 0 Å². The zero-order valence-corrected chi connectivity index (χ0v) is 19.1. The van der Waals surface area contributed by atoms with Gasteiger partial charge in [-0.1, -0.05) is 6.92 Å². The van der Waals surface area contributed by atoms with E-state index in [1.165, 1.54) is 0 Å². The number of aliphatic hydroxyl groups is 1. The molecule has 5 fully saturated rings. The number of nitrogens with zero attached hydrogens (tertiary/aromatic N) is 1. The molecule has 31 heavy (non-hydrogen) atoms. The van der Waals surface area contributed by atoms with Crippen LogP contribution in [-0.2, 0) is 4.79 Å². The molecule has 2 saturated heterocycles. The third-order valence-corrected chi connectivity index (χ3v) is 8.24. The molecular formula is C25H35N3O3. The normalized spacial score (nSPS) is 34.5. The monoisotopic (exact) mass is 425 g/mol. The van der Waals surface area contributed by atoms with Crippen molar-refractivity contribution in [3.63, 3.8) is 0 Å². The van der Waals surface area contributed by atoms with Gasteiger partial charge in [0.25, 0.3) is 0 Å². The standard InChI is InChI=1S/C25H35N3O3/c1-14(22(26)21-18(27-3)7-8-19(31-4)20(21)15-5-6-15)23(29)28-16-9-24(2)10-17(28)12-25(30,11-16)13-24/h7-8,14-17,26-27,30H,5-6,9-13H2,1-4H3. The van der Waals surface area contributed by atoms with E-state index in [0.717, 1.165) is 54.7 Å². The quantitative estimate of drug-likeness (QED) is 0.603. The average molecular weight is 426 g/mol. The van der Waals surface area contributed by atoms with Crippen LogP contribution in [0, 0.1) is 16.7 Å². The summed E-state index contributed by atoms with van der Waals surface area (Å²) in [6.07, 6.45) is 6.34. The smallest absolute Gasteiger partial charge is 0.231 e. The molecular weight excluding hydrogens is 390 g/mol. The molecule has 3 saturated carbocycles. The Morgan fingerprint density at radius 1 is 1.26 bits per heavy atom. The van der Waals surface area contributed by atoms with Crippen LogP contribution >= 0.6 is 0 Å². The van der Waals surface area contributed by atoms with Gasteiger partial charge >= 0.3 is 0 Å². The van der Waals surface area contributed by atoms with Crippen LogP contribution in [-0.4, -0.2) is 53.5 Å². The number of ether oxygens (including phenoxy) is 1. The Balaban J connectivity index is 1.46. The molecule has 0 radical (unpaired) electrons. The SMILES string of the molecule is CNc1ccc(OC)c(C2CC2)c1C(=N)C(C)C(=O)N1C2CC3(C)CC1CC(O)(C2)C3. The molecule has 1 aromatic rings. The van der Waals surface area contributed by atoms with Crippen molar-refractivity contribution in [2.24, 2.45) is 11.3 Å². The molecule has 6 heteroatoms. The van der Waals surface area contributed by atoms with Crippen LogP contribution in [0.5, 0.6) is 5.75 Å². The summed E-state index contributed by atoms with van der Waals surface area (Å²) < 4.78 is 5.65. The average Bonchev–Trinajstić information content (AvgIpc) is 3.54. The Morgan fingerprint density at radius 2 is 1.90 bits per heavy atom. The molecule has 3 N–H and O–H groups in total. The molecule has 1 aromatic carbocycles. The molecule has 6 rings (SSSR count). The number of nitrogens with one attached hydrogen (secondary N) is 2. The third-order valence-electron chi connectivity index (χ3n) is 8.24. The maximum Gasteiger partial charge on any atom is 0.231 e. The fourth-order valence-corrected chi connectivity index (χ4v) is 7.08. The summed E-state index contributed by atoms with van der Waals surface area (Å²) in [5.74, 6) is 0.719. The first-order valence-electron chi connectivity index (χ1n) is 11.7. The summed E-state index contributed by atoms with van der Waals surface area (Å²) >= 11 is 0. The summed E-state index contributed by atoms with van der Waals surface area (Å²) in [6, 6.07) is 4.10. The van der Waals surface area contributed by atoms with Gasteiger partial charge in [0, 0.05) is 35.9 Å². The molecule has 5 aliphatic rings. The van der Waals surface area contributed by atoms with Crippen molar-refractivity contribution in [3.8, 4) is 5.75 Å². The zero-order valence-electron chi connectivity index (χ0n) is 19.1. The number of hydrogen-bond acceptors (Lipinski definition) is 5. The molecule has 3 aliphatic carbocycles. The molecule has 0 aromatic heterocycles. The summed E-state index contributed by atoms with van der Waals surface area (Å²) in [5.41, 5.74) is 2.68. The minimum atomic E-state index is -0.612. The second-order valence-electron chi connectivity index (χ2n) is 10.8. The number of anilines is 1. The Kier molecular flexibility index (Phi) is 4.67. The summed E-state index contributed by atoms with van der Waals surface area (Å²) in [7, 11) is 3.54. The zero-order chi connectivity index (χ0) is 22.1. The minimum Gasteiger partial charge on any atom is -0.496 e. The number of methoxy groups -OCH3 is 1. The summed E-state index contributed by atoms with van der Waals surface area (Å²) in [6.45, 7) is 4.14. The van der Waals surface area contributed by atoms with Crippen molar-refractivity contribution in [2.45, 2.75) is 82.4 Å². The highest BCUT2D eigenvalue weighted by molar-refractivity contribution is 6.15. The van der Waals surface area contributed by atoms with Crippen LogP contribution in [0.3, 0.4) is 0 Å². The molecule has 0 spiro atoms. The first-order chi connectivity index (χ1) is 14.7. The fraction of sp³-hybridized carbons (Fsp3) is 0.680. The van der Waals surface area contributed by atoms with Gasteiger partial charge in [-0.25, -0.2) is 0 Å². The van der Waals surface area contributed by atoms with E-state index >= 15 is 0 Å². The number of carbonyl (C=O) groups excluding carboxylic acids is 1. The van der Waals surface area contributed by atoms with Crippen LogP contribution in [0.15, 0.2) is 12.1 Å². The van der Waals surface area contributed by atoms with E-state index in [4.69, 9.17) is 10.1 Å². The second kappa shape index (κ2) is 6.96. The number of amides is 1. The largest absolute Gasteiger partial charge is 0.496 e. The van der Waals surface area contributed by atoms with Gasteiger partial charge in [-0.05, 0) is 75.3 Å². The Morgan fingerprint density at radius 3 is 2.42 bits per heavy atom. The molecule has 6 nitrogen and oxygen atoms in total. The van der Waals surface area contributed by atoms with Crippen LogP contribution in [0.4, 0.5) is 5.69 Å². The minimum absolute atomic E-state index is 0.0395. The lowest BCUT2D eigenvalue weighted by Crippen LogP contribution is -2.69. The molecule has 168 valence electrons. The van der Waals surface area contributed by atoms with Crippen molar-refractivity contribution < 1.29 is 14.6 Å². The van der Waals surface area contributed by atoms with Crippen molar-refractivity contribution in [1.82, 2.24) is 4.90 Å². The molecule has 1 amide bonds. The number of carbonyl (C=O) groups is 1. The molecule has 2 aliphatic heterocycles. The van der Waals surface area contributed by atoms with Crippen LogP contribution in [0.2, 0.25) is 0 Å². The number of rotatable bonds is 6. The number of hydrogen-bond donors (Lipinski definition) is 3. The Labute approximate surface area is 184 Å².